The average molecular weight is 335 g/mol. The van der Waals surface area contributed by atoms with E-state index in [0.717, 1.165) is 5.56 Å². The minimum absolute atomic E-state index is 0.114. The summed E-state index contributed by atoms with van der Waals surface area (Å²) in [6, 6.07) is 18.3. The Labute approximate surface area is 144 Å². The van der Waals surface area contributed by atoms with E-state index in [0.29, 0.717) is 17.1 Å². The average Bonchev–Trinajstić information content (AvgIpc) is 3.01. The van der Waals surface area contributed by atoms with Crippen molar-refractivity contribution in [1.29, 1.82) is 5.26 Å². The molecule has 24 heavy (non-hydrogen) atoms. The van der Waals surface area contributed by atoms with E-state index >= 15 is 0 Å². The molecule has 0 aliphatic rings. The van der Waals surface area contributed by atoms with Crippen molar-refractivity contribution in [2.75, 3.05) is 18.9 Å². The molecule has 0 atom stereocenters. The van der Waals surface area contributed by atoms with Crippen molar-refractivity contribution in [2.45, 2.75) is 6.54 Å². The minimum Gasteiger partial charge on any atom is -0.315 e. The van der Waals surface area contributed by atoms with Gasteiger partial charge in [-0.3, -0.25) is 9.69 Å². The SMILES string of the molecule is CN(CC(=O)Nc1sccc1C#N)Cc1ccc2ccccc2c1. The first-order valence-electron chi connectivity index (χ1n) is 7.59. The maximum Gasteiger partial charge on any atom is 0.239 e. The first-order valence-corrected chi connectivity index (χ1v) is 8.47. The van der Waals surface area contributed by atoms with Crippen LogP contribution in [-0.2, 0) is 11.3 Å². The molecule has 0 saturated heterocycles. The summed E-state index contributed by atoms with van der Waals surface area (Å²) >= 11 is 1.36. The highest BCUT2D eigenvalue weighted by Crippen LogP contribution is 2.22. The third-order valence-corrected chi connectivity index (χ3v) is 4.55. The molecule has 0 spiro atoms. The number of nitrogens with one attached hydrogen (secondary N) is 1. The monoisotopic (exact) mass is 335 g/mol. The van der Waals surface area contributed by atoms with E-state index in [1.165, 1.54) is 22.1 Å². The van der Waals surface area contributed by atoms with Gasteiger partial charge in [0, 0.05) is 6.54 Å². The van der Waals surface area contributed by atoms with Crippen LogP contribution < -0.4 is 5.32 Å². The fourth-order valence-corrected chi connectivity index (χ4v) is 3.36. The molecule has 5 heteroatoms. The van der Waals surface area contributed by atoms with Crippen LogP contribution in [0.4, 0.5) is 5.00 Å². The summed E-state index contributed by atoms with van der Waals surface area (Å²) in [5.74, 6) is -0.114. The molecular formula is C19H17N3OS. The standard InChI is InChI=1S/C19H17N3OS/c1-22(13-18(23)21-19-17(11-20)8-9-24-19)12-14-6-7-15-4-2-3-5-16(15)10-14/h2-10H,12-13H2,1H3,(H,21,23). The number of nitriles is 1. The highest BCUT2D eigenvalue weighted by atomic mass is 32.1. The third-order valence-electron chi connectivity index (χ3n) is 3.72. The number of carbonyl (C=O) groups excluding carboxylic acids is 1. The molecule has 1 heterocycles. The number of likely N-dealkylation sites (N-methyl/N-ethyl adjacent to an activating group) is 1. The molecule has 4 nitrogen and oxygen atoms in total. The van der Waals surface area contributed by atoms with Crippen LogP contribution in [0, 0.1) is 11.3 Å². The predicted molar refractivity (Wildman–Crippen MR) is 97.9 cm³/mol. The molecule has 120 valence electrons. The Bertz CT molecular complexity index is 910. The summed E-state index contributed by atoms with van der Waals surface area (Å²) < 4.78 is 0. The molecule has 1 N–H and O–H groups in total. The van der Waals surface area contributed by atoms with Crippen LogP contribution in [0.5, 0.6) is 0 Å². The van der Waals surface area contributed by atoms with Crippen molar-refractivity contribution in [2.24, 2.45) is 0 Å². The predicted octanol–water partition coefficient (Wildman–Crippen LogP) is 3.84. The van der Waals surface area contributed by atoms with E-state index in [1.54, 1.807) is 11.4 Å². The van der Waals surface area contributed by atoms with Crippen LogP contribution in [0.25, 0.3) is 10.8 Å². The Kier molecular flexibility index (Phi) is 4.90. The van der Waals surface area contributed by atoms with E-state index in [9.17, 15) is 4.79 Å². The fraction of sp³-hybridized carbons (Fsp3) is 0.158. The molecule has 0 aliphatic heterocycles. The highest BCUT2D eigenvalue weighted by Gasteiger charge is 2.11. The zero-order chi connectivity index (χ0) is 16.9. The number of rotatable bonds is 5. The molecule has 3 aromatic rings. The van der Waals surface area contributed by atoms with E-state index in [1.807, 2.05) is 24.1 Å². The first kappa shape index (κ1) is 16.2. The van der Waals surface area contributed by atoms with Gasteiger partial charge in [0.05, 0.1) is 12.1 Å². The molecule has 0 aliphatic carbocycles. The van der Waals surface area contributed by atoms with Gasteiger partial charge in [-0.1, -0.05) is 36.4 Å². The van der Waals surface area contributed by atoms with Crippen molar-refractivity contribution in [3.8, 4) is 6.07 Å². The Morgan fingerprint density at radius 1 is 1.21 bits per heavy atom. The summed E-state index contributed by atoms with van der Waals surface area (Å²) in [7, 11) is 1.91. The van der Waals surface area contributed by atoms with Gasteiger partial charge in [-0.05, 0) is 40.9 Å². The summed E-state index contributed by atoms with van der Waals surface area (Å²) in [5.41, 5.74) is 1.67. The Morgan fingerprint density at radius 2 is 2.00 bits per heavy atom. The number of benzene rings is 2. The summed E-state index contributed by atoms with van der Waals surface area (Å²) in [4.78, 5) is 14.1. The molecule has 3 rings (SSSR count). The Hall–Kier alpha value is -2.68. The molecule has 1 aromatic heterocycles. The van der Waals surface area contributed by atoms with Gasteiger partial charge < -0.3 is 5.32 Å². The third kappa shape index (κ3) is 3.80. The second kappa shape index (κ2) is 7.26. The number of hydrogen-bond acceptors (Lipinski definition) is 4. The number of fused-ring (bicyclic) bond motifs is 1. The van der Waals surface area contributed by atoms with Crippen molar-refractivity contribution in [3.05, 3.63) is 65.0 Å². The number of hydrogen-bond donors (Lipinski definition) is 1. The van der Waals surface area contributed by atoms with Gasteiger partial charge in [-0.25, -0.2) is 0 Å². The van der Waals surface area contributed by atoms with Crippen LogP contribution in [0.15, 0.2) is 53.9 Å². The lowest BCUT2D eigenvalue weighted by molar-refractivity contribution is -0.117. The minimum atomic E-state index is -0.114. The van der Waals surface area contributed by atoms with Gasteiger partial charge in [0.25, 0.3) is 0 Å². The van der Waals surface area contributed by atoms with Crippen LogP contribution in [0.2, 0.25) is 0 Å². The van der Waals surface area contributed by atoms with Gasteiger partial charge in [0.15, 0.2) is 0 Å². The summed E-state index contributed by atoms with van der Waals surface area (Å²) in [6.07, 6.45) is 0. The summed E-state index contributed by atoms with van der Waals surface area (Å²) in [5, 5.41) is 16.6. The largest absolute Gasteiger partial charge is 0.315 e. The lowest BCUT2D eigenvalue weighted by atomic mass is 10.1. The second-order valence-electron chi connectivity index (χ2n) is 5.68. The fourth-order valence-electron chi connectivity index (χ4n) is 2.61. The quantitative estimate of drug-likeness (QED) is 0.770. The molecule has 0 unspecified atom stereocenters. The van der Waals surface area contributed by atoms with Crippen molar-refractivity contribution >= 4 is 33.0 Å². The Balaban J connectivity index is 1.61. The molecule has 1 amide bonds. The molecule has 0 fully saturated rings. The van der Waals surface area contributed by atoms with E-state index < -0.39 is 0 Å². The van der Waals surface area contributed by atoms with Crippen molar-refractivity contribution in [1.82, 2.24) is 4.90 Å². The number of carbonyl (C=O) groups is 1. The van der Waals surface area contributed by atoms with E-state index in [-0.39, 0.29) is 12.5 Å². The van der Waals surface area contributed by atoms with Crippen LogP contribution in [0.1, 0.15) is 11.1 Å². The zero-order valence-corrected chi connectivity index (χ0v) is 14.1. The molecular weight excluding hydrogens is 318 g/mol. The van der Waals surface area contributed by atoms with Crippen molar-refractivity contribution < 1.29 is 4.79 Å². The van der Waals surface area contributed by atoms with Gasteiger partial charge in [-0.2, -0.15) is 5.26 Å². The van der Waals surface area contributed by atoms with Crippen LogP contribution >= 0.6 is 11.3 Å². The maximum absolute atomic E-state index is 12.1. The summed E-state index contributed by atoms with van der Waals surface area (Å²) in [6.45, 7) is 0.962. The molecule has 0 radical (unpaired) electrons. The lowest BCUT2D eigenvalue weighted by Crippen LogP contribution is -2.29. The van der Waals surface area contributed by atoms with Crippen LogP contribution in [-0.4, -0.2) is 24.4 Å². The topological polar surface area (TPSA) is 56.1 Å². The lowest BCUT2D eigenvalue weighted by Gasteiger charge is -2.16. The number of thiophene rings is 1. The van der Waals surface area contributed by atoms with Crippen LogP contribution in [0.3, 0.4) is 0 Å². The van der Waals surface area contributed by atoms with Gasteiger partial charge >= 0.3 is 0 Å². The number of nitrogens with zero attached hydrogens (tertiary/aromatic N) is 2. The van der Waals surface area contributed by atoms with E-state index in [2.05, 4.69) is 41.7 Å². The normalized spacial score (nSPS) is 10.7. The van der Waals surface area contributed by atoms with Crippen molar-refractivity contribution in [3.63, 3.8) is 0 Å². The second-order valence-corrected chi connectivity index (χ2v) is 6.59. The van der Waals surface area contributed by atoms with Gasteiger partial charge in [0.2, 0.25) is 5.91 Å². The molecule has 2 aromatic carbocycles. The molecule has 0 saturated carbocycles. The zero-order valence-electron chi connectivity index (χ0n) is 13.3. The smallest absolute Gasteiger partial charge is 0.239 e. The Morgan fingerprint density at radius 3 is 2.79 bits per heavy atom. The van der Waals surface area contributed by atoms with Gasteiger partial charge in [-0.15, -0.1) is 11.3 Å². The highest BCUT2D eigenvalue weighted by molar-refractivity contribution is 7.14. The first-order chi connectivity index (χ1) is 11.7. The molecule has 0 bridgehead atoms. The number of anilines is 1. The maximum atomic E-state index is 12.1. The number of amides is 1. The van der Waals surface area contributed by atoms with Gasteiger partial charge in [0.1, 0.15) is 11.1 Å². The van der Waals surface area contributed by atoms with E-state index in [4.69, 9.17) is 5.26 Å².